The lowest BCUT2D eigenvalue weighted by atomic mass is 10.1. The van der Waals surface area contributed by atoms with Gasteiger partial charge >= 0.3 is 5.97 Å². The maximum atomic E-state index is 12.6. The fourth-order valence-electron chi connectivity index (χ4n) is 3.21. The predicted octanol–water partition coefficient (Wildman–Crippen LogP) is 1.53. The van der Waals surface area contributed by atoms with Crippen LogP contribution in [0.3, 0.4) is 0 Å². The van der Waals surface area contributed by atoms with Crippen LogP contribution < -0.4 is 14.9 Å². The Morgan fingerprint density at radius 2 is 1.68 bits per heavy atom. The molecule has 0 saturated carbocycles. The van der Waals surface area contributed by atoms with Crippen LogP contribution in [0.4, 0.5) is 5.69 Å². The van der Waals surface area contributed by atoms with Crippen LogP contribution in [-0.2, 0) is 14.3 Å². The van der Waals surface area contributed by atoms with Crippen LogP contribution >= 0.6 is 0 Å². The molecule has 1 N–H and O–H groups in total. The zero-order valence-corrected chi connectivity index (χ0v) is 18.3. The summed E-state index contributed by atoms with van der Waals surface area (Å²) in [6.45, 7) is -0.715. The molecule has 1 aliphatic rings. The molecule has 0 unspecified atom stereocenters. The second-order valence-electron chi connectivity index (χ2n) is 7.28. The van der Waals surface area contributed by atoms with Crippen molar-refractivity contribution < 1.29 is 38.3 Å². The molecule has 3 rings (SSSR count). The quantitative estimate of drug-likeness (QED) is 0.248. The molecule has 0 aliphatic carbocycles. The number of hydrogen-bond acceptors (Lipinski definition) is 9. The summed E-state index contributed by atoms with van der Waals surface area (Å²) in [5.41, 5.74) is 2.59. The Kier molecular flexibility index (Phi) is 7.41. The van der Waals surface area contributed by atoms with E-state index in [0.29, 0.717) is 11.5 Å². The van der Waals surface area contributed by atoms with Crippen LogP contribution in [0.5, 0.6) is 11.5 Å². The van der Waals surface area contributed by atoms with Crippen LogP contribution in [0.1, 0.15) is 27.1 Å². The Balaban J connectivity index is 1.55. The molecule has 1 heterocycles. The third-order valence-electron chi connectivity index (χ3n) is 5.05. The number of hydrazine groups is 1. The highest BCUT2D eigenvalue weighted by Crippen LogP contribution is 2.23. The van der Waals surface area contributed by atoms with Gasteiger partial charge in [0.1, 0.15) is 11.5 Å². The number of non-ortho nitro benzene ring substituents is 1. The molecule has 2 amide bonds. The lowest BCUT2D eigenvalue weighted by Gasteiger charge is -2.18. The molecule has 0 radical (unpaired) electrons. The normalized spacial score (nSPS) is 14.9. The van der Waals surface area contributed by atoms with E-state index in [-0.39, 0.29) is 29.8 Å². The smallest absolute Gasteiger partial charge is 0.311 e. The minimum Gasteiger partial charge on any atom is -0.497 e. The summed E-state index contributed by atoms with van der Waals surface area (Å²) < 4.78 is 15.3. The minimum atomic E-state index is -0.877. The Morgan fingerprint density at radius 3 is 2.24 bits per heavy atom. The number of nitro groups is 1. The molecule has 178 valence electrons. The average Bonchev–Trinajstić information content (AvgIpc) is 3.21. The lowest BCUT2D eigenvalue weighted by molar-refractivity contribution is -0.384. The molecule has 1 aliphatic heterocycles. The van der Waals surface area contributed by atoms with Crippen LogP contribution in [0, 0.1) is 16.0 Å². The molecule has 0 aromatic heterocycles. The van der Waals surface area contributed by atoms with Crippen molar-refractivity contribution in [1.29, 1.82) is 0 Å². The number of amides is 2. The first-order chi connectivity index (χ1) is 16.2. The van der Waals surface area contributed by atoms with Crippen molar-refractivity contribution in [3.63, 3.8) is 0 Å². The highest BCUT2D eigenvalue weighted by Gasteiger charge is 2.37. The summed E-state index contributed by atoms with van der Waals surface area (Å²) in [4.78, 5) is 59.5. The van der Waals surface area contributed by atoms with Crippen molar-refractivity contribution in [3.8, 4) is 11.5 Å². The van der Waals surface area contributed by atoms with Gasteiger partial charge in [0.15, 0.2) is 12.4 Å². The maximum absolute atomic E-state index is 12.6. The molecule has 0 spiro atoms. The number of nitrogens with one attached hydrogen (secondary N) is 1. The third kappa shape index (κ3) is 5.65. The number of rotatable bonds is 9. The zero-order valence-electron chi connectivity index (χ0n) is 18.3. The van der Waals surface area contributed by atoms with E-state index >= 15 is 0 Å². The van der Waals surface area contributed by atoms with Gasteiger partial charge in [0, 0.05) is 35.7 Å². The fraction of sp³-hybridized carbons (Fsp3) is 0.273. The first-order valence-electron chi connectivity index (χ1n) is 10.0. The molecule has 34 heavy (non-hydrogen) atoms. The van der Waals surface area contributed by atoms with Gasteiger partial charge in [-0.2, -0.15) is 0 Å². The third-order valence-corrected chi connectivity index (χ3v) is 5.05. The van der Waals surface area contributed by atoms with Gasteiger partial charge in [0.25, 0.3) is 11.6 Å². The number of carbonyl (C=O) groups excluding carboxylic acids is 4. The topological polar surface area (TPSA) is 154 Å². The first-order valence-corrected chi connectivity index (χ1v) is 10.0. The number of ketones is 1. The number of Topliss-reactive ketones (excluding diaryl/α,β-unsaturated/α-hetero) is 1. The zero-order chi connectivity index (χ0) is 24.8. The number of nitro benzene ring substituents is 1. The lowest BCUT2D eigenvalue weighted by Crippen LogP contribution is -2.43. The second kappa shape index (κ2) is 10.4. The number of esters is 1. The molecule has 12 heteroatoms. The highest BCUT2D eigenvalue weighted by atomic mass is 16.6. The van der Waals surface area contributed by atoms with Crippen LogP contribution in [-0.4, -0.2) is 60.9 Å². The Labute approximate surface area is 193 Å². The van der Waals surface area contributed by atoms with Crippen molar-refractivity contribution in [2.24, 2.45) is 5.92 Å². The number of ether oxygens (including phenoxy) is 3. The first kappa shape index (κ1) is 24.2. The van der Waals surface area contributed by atoms with E-state index in [1.165, 1.54) is 50.6 Å². The number of methoxy groups -OCH3 is 2. The average molecular weight is 471 g/mol. The molecular weight excluding hydrogens is 450 g/mol. The predicted molar refractivity (Wildman–Crippen MR) is 115 cm³/mol. The number of benzene rings is 2. The van der Waals surface area contributed by atoms with Gasteiger partial charge in [-0.1, -0.05) is 0 Å². The van der Waals surface area contributed by atoms with Gasteiger partial charge in [-0.05, 0) is 24.3 Å². The van der Waals surface area contributed by atoms with E-state index in [2.05, 4.69) is 5.43 Å². The summed E-state index contributed by atoms with van der Waals surface area (Å²) in [7, 11) is 2.87. The number of hydrogen-bond donors (Lipinski definition) is 1. The fourth-order valence-corrected chi connectivity index (χ4v) is 3.21. The van der Waals surface area contributed by atoms with Gasteiger partial charge in [0.2, 0.25) is 5.91 Å². The van der Waals surface area contributed by atoms with E-state index in [0.717, 1.165) is 5.01 Å². The number of carbonyl (C=O) groups is 4. The summed E-state index contributed by atoms with van der Waals surface area (Å²) >= 11 is 0. The van der Waals surface area contributed by atoms with E-state index in [9.17, 15) is 29.3 Å². The van der Waals surface area contributed by atoms with Crippen molar-refractivity contribution in [3.05, 3.63) is 63.7 Å². The van der Waals surface area contributed by atoms with Gasteiger partial charge < -0.3 is 14.2 Å². The van der Waals surface area contributed by atoms with E-state index in [1.54, 1.807) is 6.07 Å². The van der Waals surface area contributed by atoms with Crippen LogP contribution in [0.2, 0.25) is 0 Å². The maximum Gasteiger partial charge on any atom is 0.311 e. The molecule has 2 aromatic rings. The highest BCUT2D eigenvalue weighted by molar-refractivity contribution is 5.99. The Bertz CT molecular complexity index is 1110. The van der Waals surface area contributed by atoms with Gasteiger partial charge in [-0.25, -0.2) is 0 Å². The molecule has 12 nitrogen and oxygen atoms in total. The summed E-state index contributed by atoms with van der Waals surface area (Å²) in [5.74, 6) is -2.53. The van der Waals surface area contributed by atoms with Crippen LogP contribution in [0.25, 0.3) is 0 Å². The summed E-state index contributed by atoms with van der Waals surface area (Å²) in [5, 5.41) is 11.7. The van der Waals surface area contributed by atoms with Gasteiger partial charge in [-0.15, -0.1) is 0 Å². The van der Waals surface area contributed by atoms with E-state index < -0.39 is 41.0 Å². The Morgan fingerprint density at radius 1 is 1.06 bits per heavy atom. The second-order valence-corrected chi connectivity index (χ2v) is 7.28. The van der Waals surface area contributed by atoms with Crippen molar-refractivity contribution in [2.45, 2.75) is 6.42 Å². The summed E-state index contributed by atoms with van der Waals surface area (Å²) in [6, 6.07) is 9.38. The Hall–Kier alpha value is -4.48. The van der Waals surface area contributed by atoms with E-state index in [1.807, 2.05) is 0 Å². The summed E-state index contributed by atoms with van der Waals surface area (Å²) in [6.07, 6.45) is -0.202. The largest absolute Gasteiger partial charge is 0.497 e. The van der Waals surface area contributed by atoms with Gasteiger partial charge in [-0.3, -0.25) is 39.7 Å². The van der Waals surface area contributed by atoms with Crippen molar-refractivity contribution in [1.82, 2.24) is 10.4 Å². The molecule has 2 aromatic carbocycles. The molecular formula is C22H21N3O9. The van der Waals surface area contributed by atoms with E-state index in [4.69, 9.17) is 14.2 Å². The van der Waals surface area contributed by atoms with Crippen molar-refractivity contribution in [2.75, 3.05) is 27.4 Å². The monoisotopic (exact) mass is 471 g/mol. The standard InChI is InChI=1S/C22H21N3O9/c1-32-17-7-14(8-18(10-17)33-2)21(28)23-24-11-15(9-20(24)27)22(29)34-12-19(26)13-3-5-16(6-4-13)25(30)31/h3-8,10,15H,9,11-12H2,1-2H3,(H,23,28)/t15-/m1/s1. The molecule has 1 saturated heterocycles. The SMILES string of the molecule is COc1cc(OC)cc(C(=O)NN2C[C@H](C(=O)OCC(=O)c3ccc([N+](=O)[O-])cc3)CC2=O)c1. The van der Waals surface area contributed by atoms with Crippen LogP contribution in [0.15, 0.2) is 42.5 Å². The molecule has 0 bridgehead atoms. The molecule has 1 atom stereocenters. The minimum absolute atomic E-state index is 0.129. The molecule has 1 fully saturated rings. The van der Waals surface area contributed by atoms with Gasteiger partial charge in [0.05, 0.1) is 31.6 Å². The number of nitrogens with zero attached hydrogens (tertiary/aromatic N) is 2. The van der Waals surface area contributed by atoms with Crippen molar-refractivity contribution >= 4 is 29.3 Å².